The van der Waals surface area contributed by atoms with E-state index >= 15 is 0 Å². The molecule has 1 aliphatic heterocycles. The van der Waals surface area contributed by atoms with Crippen LogP contribution in [0.5, 0.6) is 0 Å². The number of thioether (sulfide) groups is 1. The highest BCUT2D eigenvalue weighted by Gasteiger charge is 2.17. The van der Waals surface area contributed by atoms with E-state index in [1.807, 2.05) is 0 Å². The van der Waals surface area contributed by atoms with Crippen molar-refractivity contribution in [2.45, 2.75) is 23.1 Å². The second-order valence-electron chi connectivity index (χ2n) is 3.66. The van der Waals surface area contributed by atoms with Gasteiger partial charge >= 0.3 is 5.97 Å². The molecule has 0 radical (unpaired) electrons. The van der Waals surface area contributed by atoms with Gasteiger partial charge in [0.05, 0.1) is 19.5 Å². The predicted octanol–water partition coefficient (Wildman–Crippen LogP) is 1.53. The molecule has 0 unspecified atom stereocenters. The molecule has 6 heteroatoms. The molecule has 92 valence electrons. The van der Waals surface area contributed by atoms with Gasteiger partial charge < -0.3 is 9.47 Å². The molecular weight excluding hydrogens is 240 g/mol. The lowest BCUT2D eigenvalue weighted by molar-refractivity contribution is 0.0592. The lowest BCUT2D eigenvalue weighted by atomic mass is 10.2. The first kappa shape index (κ1) is 12.3. The smallest absolute Gasteiger partial charge is 0.358 e. The standard InChI is InChI=1S/C11H14N2O3S/c1-15-11(14)9-6-12-7-10(13-9)17-8-2-4-16-5-3-8/h6-8H,2-5H2,1H3. The summed E-state index contributed by atoms with van der Waals surface area (Å²) in [6.45, 7) is 1.59. The Morgan fingerprint density at radius 1 is 1.47 bits per heavy atom. The maximum atomic E-state index is 11.3. The molecule has 0 bridgehead atoms. The molecule has 1 fully saturated rings. The van der Waals surface area contributed by atoms with Gasteiger partial charge in [-0.3, -0.25) is 4.98 Å². The Balaban J connectivity index is 2.02. The number of nitrogens with zero attached hydrogens (tertiary/aromatic N) is 2. The molecule has 0 aliphatic carbocycles. The molecule has 0 N–H and O–H groups in total. The van der Waals surface area contributed by atoms with E-state index in [0.717, 1.165) is 31.1 Å². The summed E-state index contributed by atoms with van der Waals surface area (Å²) in [5, 5.41) is 1.26. The van der Waals surface area contributed by atoms with Crippen molar-refractivity contribution in [1.29, 1.82) is 0 Å². The van der Waals surface area contributed by atoms with Crippen LogP contribution in [0.2, 0.25) is 0 Å². The van der Waals surface area contributed by atoms with Crippen LogP contribution in [-0.4, -0.2) is 41.5 Å². The first-order valence-corrected chi connectivity index (χ1v) is 6.32. The zero-order chi connectivity index (χ0) is 12.1. The summed E-state index contributed by atoms with van der Waals surface area (Å²) in [7, 11) is 1.34. The first-order valence-electron chi connectivity index (χ1n) is 5.44. The molecule has 2 heterocycles. The first-order chi connectivity index (χ1) is 8.29. The van der Waals surface area contributed by atoms with Crippen LogP contribution in [0.4, 0.5) is 0 Å². The van der Waals surface area contributed by atoms with E-state index in [9.17, 15) is 4.79 Å². The van der Waals surface area contributed by atoms with Crippen LogP contribution in [0.15, 0.2) is 17.4 Å². The molecule has 0 spiro atoms. The summed E-state index contributed by atoms with van der Waals surface area (Å²) in [5.74, 6) is -0.452. The maximum absolute atomic E-state index is 11.3. The van der Waals surface area contributed by atoms with Gasteiger partial charge in [-0.15, -0.1) is 11.8 Å². The summed E-state index contributed by atoms with van der Waals surface area (Å²) in [6.07, 6.45) is 5.11. The van der Waals surface area contributed by atoms with E-state index in [1.165, 1.54) is 13.3 Å². The van der Waals surface area contributed by atoms with Gasteiger partial charge in [0.25, 0.3) is 0 Å². The highest BCUT2D eigenvalue weighted by atomic mass is 32.2. The van der Waals surface area contributed by atoms with E-state index in [-0.39, 0.29) is 5.69 Å². The molecule has 1 saturated heterocycles. The highest BCUT2D eigenvalue weighted by Crippen LogP contribution is 2.27. The Kier molecular flexibility index (Phi) is 4.33. The van der Waals surface area contributed by atoms with Gasteiger partial charge in [0, 0.05) is 18.5 Å². The van der Waals surface area contributed by atoms with Crippen molar-refractivity contribution >= 4 is 17.7 Å². The van der Waals surface area contributed by atoms with E-state index in [2.05, 4.69) is 14.7 Å². The van der Waals surface area contributed by atoms with Crippen molar-refractivity contribution < 1.29 is 14.3 Å². The van der Waals surface area contributed by atoms with Crippen molar-refractivity contribution in [1.82, 2.24) is 9.97 Å². The Morgan fingerprint density at radius 2 is 2.24 bits per heavy atom. The van der Waals surface area contributed by atoms with E-state index in [1.54, 1.807) is 18.0 Å². The van der Waals surface area contributed by atoms with Crippen molar-refractivity contribution in [3.05, 3.63) is 18.1 Å². The number of hydrogen-bond donors (Lipinski definition) is 0. The normalized spacial score (nSPS) is 16.8. The van der Waals surface area contributed by atoms with Crippen LogP contribution in [0.25, 0.3) is 0 Å². The average Bonchev–Trinajstić information content (AvgIpc) is 2.39. The number of aromatic nitrogens is 2. The Bertz CT molecular complexity index is 394. The monoisotopic (exact) mass is 254 g/mol. The van der Waals surface area contributed by atoms with Gasteiger partial charge in [-0.05, 0) is 12.8 Å². The molecule has 1 aliphatic rings. The molecule has 0 amide bonds. The van der Waals surface area contributed by atoms with E-state index < -0.39 is 5.97 Å². The zero-order valence-electron chi connectivity index (χ0n) is 9.59. The van der Waals surface area contributed by atoms with Crippen LogP contribution in [-0.2, 0) is 9.47 Å². The Hall–Kier alpha value is -1.14. The van der Waals surface area contributed by atoms with Crippen LogP contribution >= 0.6 is 11.8 Å². The second-order valence-corrected chi connectivity index (χ2v) is 4.98. The molecule has 0 atom stereocenters. The van der Waals surface area contributed by atoms with Gasteiger partial charge in [0.1, 0.15) is 5.03 Å². The summed E-state index contributed by atoms with van der Waals surface area (Å²) in [6, 6.07) is 0. The fourth-order valence-electron chi connectivity index (χ4n) is 1.57. The van der Waals surface area contributed by atoms with Crippen molar-refractivity contribution in [2.75, 3.05) is 20.3 Å². The van der Waals surface area contributed by atoms with Gasteiger partial charge in [0.2, 0.25) is 0 Å². The quantitative estimate of drug-likeness (QED) is 0.762. The fraction of sp³-hybridized carbons (Fsp3) is 0.545. The molecule has 1 aromatic rings. The maximum Gasteiger partial charge on any atom is 0.358 e. The minimum atomic E-state index is -0.452. The number of carbonyl (C=O) groups excluding carboxylic acids is 1. The third-order valence-corrected chi connectivity index (χ3v) is 3.71. The lowest BCUT2D eigenvalue weighted by Crippen LogP contribution is -2.17. The van der Waals surface area contributed by atoms with Gasteiger partial charge in [-0.25, -0.2) is 9.78 Å². The molecular formula is C11H14N2O3S. The van der Waals surface area contributed by atoms with Crippen molar-refractivity contribution in [3.63, 3.8) is 0 Å². The van der Waals surface area contributed by atoms with Gasteiger partial charge in [-0.1, -0.05) is 0 Å². The highest BCUT2D eigenvalue weighted by molar-refractivity contribution is 7.99. The Labute approximate surface area is 104 Å². The summed E-state index contributed by atoms with van der Waals surface area (Å²) >= 11 is 1.65. The van der Waals surface area contributed by atoms with Crippen LogP contribution in [0.3, 0.4) is 0 Å². The molecule has 1 aromatic heterocycles. The molecule has 0 aromatic carbocycles. The number of hydrogen-bond acceptors (Lipinski definition) is 6. The molecule has 17 heavy (non-hydrogen) atoms. The third kappa shape index (κ3) is 3.41. The Morgan fingerprint density at radius 3 is 2.94 bits per heavy atom. The van der Waals surface area contributed by atoms with Crippen LogP contribution in [0, 0.1) is 0 Å². The van der Waals surface area contributed by atoms with Crippen molar-refractivity contribution in [3.8, 4) is 0 Å². The van der Waals surface area contributed by atoms with E-state index in [0.29, 0.717) is 5.25 Å². The van der Waals surface area contributed by atoms with Crippen LogP contribution < -0.4 is 0 Å². The summed E-state index contributed by atoms with van der Waals surface area (Å²) < 4.78 is 9.90. The molecule has 2 rings (SSSR count). The minimum Gasteiger partial charge on any atom is -0.464 e. The third-order valence-electron chi connectivity index (χ3n) is 2.46. The number of carbonyl (C=O) groups is 1. The van der Waals surface area contributed by atoms with Gasteiger partial charge in [0.15, 0.2) is 5.69 Å². The molecule has 5 nitrogen and oxygen atoms in total. The lowest BCUT2D eigenvalue weighted by Gasteiger charge is -2.20. The fourth-order valence-corrected chi connectivity index (χ4v) is 2.61. The number of rotatable bonds is 3. The van der Waals surface area contributed by atoms with Gasteiger partial charge in [-0.2, -0.15) is 0 Å². The largest absolute Gasteiger partial charge is 0.464 e. The minimum absolute atomic E-state index is 0.254. The summed E-state index contributed by atoms with van der Waals surface area (Å²) in [5.41, 5.74) is 0.254. The summed E-state index contributed by atoms with van der Waals surface area (Å²) in [4.78, 5) is 19.5. The number of methoxy groups -OCH3 is 1. The number of ether oxygens (including phenoxy) is 2. The second kappa shape index (κ2) is 5.97. The predicted molar refractivity (Wildman–Crippen MR) is 63.1 cm³/mol. The zero-order valence-corrected chi connectivity index (χ0v) is 10.4. The molecule has 0 saturated carbocycles. The van der Waals surface area contributed by atoms with Crippen molar-refractivity contribution in [2.24, 2.45) is 0 Å². The average molecular weight is 254 g/mol. The number of esters is 1. The topological polar surface area (TPSA) is 61.3 Å². The van der Waals surface area contributed by atoms with Crippen LogP contribution in [0.1, 0.15) is 23.3 Å². The SMILES string of the molecule is COC(=O)c1cncc(SC2CCOCC2)n1. The van der Waals surface area contributed by atoms with E-state index in [4.69, 9.17) is 4.74 Å².